The molecule has 1 aliphatic heterocycles. The van der Waals surface area contributed by atoms with Crippen molar-refractivity contribution in [3.63, 3.8) is 0 Å². The van der Waals surface area contributed by atoms with Crippen molar-refractivity contribution in [1.29, 1.82) is 0 Å². The number of rotatable bonds is 4. The van der Waals surface area contributed by atoms with Crippen LogP contribution < -0.4 is 5.56 Å². The summed E-state index contributed by atoms with van der Waals surface area (Å²) in [6, 6.07) is 2.36. The summed E-state index contributed by atoms with van der Waals surface area (Å²) in [5.74, 6) is 0.468. The van der Waals surface area contributed by atoms with Crippen LogP contribution in [0, 0.1) is 5.92 Å². The number of hydrogen-bond donors (Lipinski definition) is 1. The number of fused-ring (bicyclic) bond motifs is 1. The van der Waals surface area contributed by atoms with Gasteiger partial charge in [-0.05, 0) is 69.9 Å². The molecule has 1 fully saturated rings. The number of carbonyl (C=O) groups is 1. The first kappa shape index (κ1) is 16.3. The van der Waals surface area contributed by atoms with Crippen molar-refractivity contribution in [3.05, 3.63) is 33.2 Å². The second kappa shape index (κ2) is 6.50. The number of nitrogens with zero attached hydrogens (tertiary/aromatic N) is 1. The van der Waals surface area contributed by atoms with E-state index in [1.165, 1.54) is 5.56 Å². The van der Waals surface area contributed by atoms with E-state index in [-0.39, 0.29) is 29.3 Å². The van der Waals surface area contributed by atoms with Crippen LogP contribution in [-0.2, 0) is 17.6 Å². The summed E-state index contributed by atoms with van der Waals surface area (Å²) in [5, 5.41) is 0. The van der Waals surface area contributed by atoms with Gasteiger partial charge in [0.25, 0.3) is 5.56 Å². The highest BCUT2D eigenvalue weighted by molar-refractivity contribution is 5.79. The van der Waals surface area contributed by atoms with Gasteiger partial charge in [0, 0.05) is 29.8 Å². The van der Waals surface area contributed by atoms with Gasteiger partial charge in [0.15, 0.2) is 0 Å². The second-order valence-electron chi connectivity index (χ2n) is 7.51. The van der Waals surface area contributed by atoms with Crippen LogP contribution in [0.4, 0.5) is 0 Å². The van der Waals surface area contributed by atoms with E-state index >= 15 is 0 Å². The van der Waals surface area contributed by atoms with Crippen LogP contribution in [0.3, 0.4) is 0 Å². The van der Waals surface area contributed by atoms with Gasteiger partial charge < -0.3 is 9.88 Å². The lowest BCUT2D eigenvalue weighted by atomic mass is 9.84. The van der Waals surface area contributed by atoms with E-state index in [0.29, 0.717) is 0 Å². The first-order valence-corrected chi connectivity index (χ1v) is 9.02. The van der Waals surface area contributed by atoms with Crippen LogP contribution in [-0.4, -0.2) is 28.4 Å². The molecule has 1 N–H and O–H groups in total. The molecular formula is C19H28N2O2. The summed E-state index contributed by atoms with van der Waals surface area (Å²) < 4.78 is 0. The summed E-state index contributed by atoms with van der Waals surface area (Å²) in [5.41, 5.74) is 3.32. The van der Waals surface area contributed by atoms with Crippen molar-refractivity contribution < 1.29 is 4.79 Å². The van der Waals surface area contributed by atoms with Gasteiger partial charge >= 0.3 is 0 Å². The smallest absolute Gasteiger partial charge is 0.251 e. The maximum Gasteiger partial charge on any atom is 0.251 e. The van der Waals surface area contributed by atoms with Crippen LogP contribution >= 0.6 is 0 Å². The summed E-state index contributed by atoms with van der Waals surface area (Å²) >= 11 is 0. The zero-order valence-corrected chi connectivity index (χ0v) is 14.5. The van der Waals surface area contributed by atoms with E-state index in [1.807, 2.05) is 4.90 Å². The number of nitrogens with one attached hydrogen (secondary N) is 1. The van der Waals surface area contributed by atoms with Crippen LogP contribution in [0.2, 0.25) is 0 Å². The molecule has 0 spiro atoms. The molecule has 0 saturated carbocycles. The number of carbonyl (C=O) groups excluding carboxylic acids is 1. The molecule has 2 unspecified atom stereocenters. The molecule has 1 aromatic rings. The van der Waals surface area contributed by atoms with Crippen LogP contribution in [0.25, 0.3) is 0 Å². The highest BCUT2D eigenvalue weighted by Crippen LogP contribution is 2.30. The van der Waals surface area contributed by atoms with Gasteiger partial charge in [-0.15, -0.1) is 0 Å². The molecule has 126 valence electrons. The zero-order valence-electron chi connectivity index (χ0n) is 14.5. The maximum absolute atomic E-state index is 12.6. The number of pyridine rings is 1. The fourth-order valence-electron chi connectivity index (χ4n) is 4.16. The number of piperidine rings is 1. The number of H-pyrrole nitrogens is 1. The lowest BCUT2D eigenvalue weighted by Gasteiger charge is -2.36. The fraction of sp³-hybridized carbons (Fsp3) is 0.684. The standard InChI is InChI=1S/C19H28N2O2/c1-12(2)21-9-5-7-15(19(21)23)10-13(3)16-11-14-6-4-8-17(14)20-18(16)22/h11-13,15H,4-10H2,1-3H3,(H,20,22). The molecule has 2 aliphatic rings. The third kappa shape index (κ3) is 3.22. The van der Waals surface area contributed by atoms with E-state index < -0.39 is 0 Å². The van der Waals surface area contributed by atoms with Crippen molar-refractivity contribution >= 4 is 5.91 Å². The molecule has 0 aromatic carbocycles. The Bertz CT molecular complexity index is 647. The minimum Gasteiger partial charge on any atom is -0.340 e. The molecular weight excluding hydrogens is 288 g/mol. The second-order valence-corrected chi connectivity index (χ2v) is 7.51. The Morgan fingerprint density at radius 1 is 1.22 bits per heavy atom. The molecule has 0 bridgehead atoms. The molecule has 2 atom stereocenters. The number of aryl methyl sites for hydroxylation is 2. The predicted octanol–water partition coefficient (Wildman–Crippen LogP) is 3.00. The fourth-order valence-corrected chi connectivity index (χ4v) is 4.16. The molecule has 1 aliphatic carbocycles. The SMILES string of the molecule is CC(CC1CCCN(C(C)C)C1=O)c1cc2c([nH]c1=O)CCC2. The van der Waals surface area contributed by atoms with Crippen molar-refractivity contribution in [2.75, 3.05) is 6.54 Å². The van der Waals surface area contributed by atoms with Crippen molar-refractivity contribution in [2.45, 2.75) is 71.3 Å². The Labute approximate surface area is 138 Å². The highest BCUT2D eigenvalue weighted by atomic mass is 16.2. The molecule has 2 heterocycles. The molecule has 1 aromatic heterocycles. The number of aromatic nitrogens is 1. The van der Waals surface area contributed by atoms with Crippen LogP contribution in [0.15, 0.2) is 10.9 Å². The Balaban J connectivity index is 1.75. The molecule has 3 rings (SSSR count). The van der Waals surface area contributed by atoms with E-state index in [9.17, 15) is 9.59 Å². The highest BCUT2D eigenvalue weighted by Gasteiger charge is 2.32. The van der Waals surface area contributed by atoms with Gasteiger partial charge in [0.1, 0.15) is 0 Å². The quantitative estimate of drug-likeness (QED) is 0.928. The molecule has 1 saturated heterocycles. The van der Waals surface area contributed by atoms with Crippen LogP contribution in [0.1, 0.15) is 69.2 Å². The van der Waals surface area contributed by atoms with Gasteiger partial charge in [-0.3, -0.25) is 9.59 Å². The summed E-state index contributed by atoms with van der Waals surface area (Å²) in [4.78, 5) is 30.1. The average molecular weight is 316 g/mol. The van der Waals surface area contributed by atoms with Crippen molar-refractivity contribution in [3.8, 4) is 0 Å². The molecule has 1 amide bonds. The first-order valence-electron chi connectivity index (χ1n) is 9.02. The van der Waals surface area contributed by atoms with Gasteiger partial charge in [0.2, 0.25) is 5.91 Å². The Morgan fingerprint density at radius 2 is 2.00 bits per heavy atom. The maximum atomic E-state index is 12.6. The van der Waals surface area contributed by atoms with Gasteiger partial charge in [0.05, 0.1) is 0 Å². The van der Waals surface area contributed by atoms with Gasteiger partial charge in [-0.25, -0.2) is 0 Å². The number of likely N-dealkylation sites (tertiary alicyclic amines) is 1. The minimum atomic E-state index is 0.0436. The number of amides is 1. The molecule has 0 radical (unpaired) electrons. The van der Waals surface area contributed by atoms with Gasteiger partial charge in [-0.1, -0.05) is 6.92 Å². The number of aromatic amines is 1. The normalized spacial score (nSPS) is 22.5. The summed E-state index contributed by atoms with van der Waals surface area (Å²) in [7, 11) is 0. The largest absolute Gasteiger partial charge is 0.340 e. The Hall–Kier alpha value is -1.58. The zero-order chi connectivity index (χ0) is 16.6. The van der Waals surface area contributed by atoms with E-state index in [4.69, 9.17) is 0 Å². The third-order valence-corrected chi connectivity index (χ3v) is 5.49. The van der Waals surface area contributed by atoms with Crippen LogP contribution in [0.5, 0.6) is 0 Å². The van der Waals surface area contributed by atoms with Gasteiger partial charge in [-0.2, -0.15) is 0 Å². The molecule has 23 heavy (non-hydrogen) atoms. The predicted molar refractivity (Wildman–Crippen MR) is 91.7 cm³/mol. The lowest BCUT2D eigenvalue weighted by molar-refractivity contribution is -0.140. The van der Waals surface area contributed by atoms with E-state index in [1.54, 1.807) is 0 Å². The number of hydrogen-bond acceptors (Lipinski definition) is 2. The topological polar surface area (TPSA) is 53.2 Å². The van der Waals surface area contributed by atoms with Crippen molar-refractivity contribution in [1.82, 2.24) is 9.88 Å². The summed E-state index contributed by atoms with van der Waals surface area (Å²) in [6.45, 7) is 7.12. The monoisotopic (exact) mass is 316 g/mol. The molecule has 4 heteroatoms. The Morgan fingerprint density at radius 3 is 2.74 bits per heavy atom. The minimum absolute atomic E-state index is 0.0436. The summed E-state index contributed by atoms with van der Waals surface area (Å²) in [6.07, 6.45) is 5.99. The average Bonchev–Trinajstić information content (AvgIpc) is 2.95. The van der Waals surface area contributed by atoms with E-state index in [2.05, 4.69) is 31.8 Å². The van der Waals surface area contributed by atoms with E-state index in [0.717, 1.165) is 56.3 Å². The lowest BCUT2D eigenvalue weighted by Crippen LogP contribution is -2.45. The Kier molecular flexibility index (Phi) is 4.60. The van der Waals surface area contributed by atoms with Crippen molar-refractivity contribution in [2.24, 2.45) is 5.92 Å². The first-order chi connectivity index (χ1) is 11.0. The third-order valence-electron chi connectivity index (χ3n) is 5.49. The molecule has 4 nitrogen and oxygen atoms in total.